The predicted octanol–water partition coefficient (Wildman–Crippen LogP) is 5.45. The Kier molecular flexibility index (Phi) is 5.10. The van der Waals surface area contributed by atoms with Crippen molar-refractivity contribution in [3.63, 3.8) is 0 Å². The second-order valence-electron chi connectivity index (χ2n) is 7.87. The topological polar surface area (TPSA) is 59.8 Å². The molecule has 0 unspecified atom stereocenters. The highest BCUT2D eigenvalue weighted by Gasteiger charge is 2.71. The van der Waals surface area contributed by atoms with E-state index in [1.807, 2.05) is 0 Å². The van der Waals surface area contributed by atoms with Gasteiger partial charge in [0.25, 0.3) is 0 Å². The Hall–Kier alpha value is -2.18. The van der Waals surface area contributed by atoms with Crippen LogP contribution in [-0.2, 0) is 18.0 Å². The number of halogens is 7. The molecule has 13 heteroatoms. The van der Waals surface area contributed by atoms with Gasteiger partial charge < -0.3 is 5.32 Å². The van der Waals surface area contributed by atoms with Gasteiger partial charge in [0.15, 0.2) is 5.01 Å². The van der Waals surface area contributed by atoms with Crippen molar-refractivity contribution in [2.45, 2.75) is 56.0 Å². The molecule has 2 heterocycles. The van der Waals surface area contributed by atoms with Crippen LogP contribution in [0.1, 0.15) is 48.6 Å². The number of carbonyl (C=O) groups excluding carboxylic acids is 1. The molecule has 2 aromatic heterocycles. The maximum absolute atomic E-state index is 13.5. The normalized spacial score (nSPS) is 22.6. The molecular weight excluding hydrogens is 453 g/mol. The maximum Gasteiger partial charge on any atom is 0.443 e. The van der Waals surface area contributed by atoms with Crippen molar-refractivity contribution in [2.24, 2.45) is 13.0 Å². The molecule has 0 radical (unpaired) electrons. The first kappa shape index (κ1) is 22.0. The minimum absolute atomic E-state index is 0.0788. The third-order valence-electron chi connectivity index (χ3n) is 5.77. The number of hydrogen-bond acceptors (Lipinski definition) is 4. The number of amides is 1. The fraction of sp³-hybridized carbons (Fsp3) is 0.611. The predicted molar refractivity (Wildman–Crippen MR) is 97.2 cm³/mol. The minimum Gasteiger partial charge on any atom is -0.311 e. The molecule has 170 valence electrons. The van der Waals surface area contributed by atoms with Crippen LogP contribution in [0.2, 0.25) is 0 Å². The largest absolute Gasteiger partial charge is 0.443 e. The van der Waals surface area contributed by atoms with Crippen molar-refractivity contribution >= 4 is 23.1 Å². The van der Waals surface area contributed by atoms with E-state index in [2.05, 4.69) is 15.4 Å². The summed E-state index contributed by atoms with van der Waals surface area (Å²) in [6.45, 7) is 0. The van der Waals surface area contributed by atoms with Gasteiger partial charge in [-0.25, -0.2) is 4.98 Å². The zero-order chi connectivity index (χ0) is 22.8. The molecule has 1 atom stereocenters. The molecule has 2 aliphatic rings. The van der Waals surface area contributed by atoms with Gasteiger partial charge in [-0.1, -0.05) is 6.42 Å². The molecule has 0 spiro atoms. The molecule has 31 heavy (non-hydrogen) atoms. The summed E-state index contributed by atoms with van der Waals surface area (Å²) in [6, 6.07) is 0. The van der Waals surface area contributed by atoms with Crippen LogP contribution in [0.5, 0.6) is 0 Å². The molecule has 0 bridgehead atoms. The number of rotatable bonds is 5. The van der Waals surface area contributed by atoms with Crippen LogP contribution in [0.4, 0.5) is 36.6 Å². The van der Waals surface area contributed by atoms with Crippen molar-refractivity contribution in [3.05, 3.63) is 16.8 Å². The second-order valence-corrected chi connectivity index (χ2v) is 8.90. The monoisotopic (exact) mass is 470 g/mol. The molecule has 5 nitrogen and oxygen atoms in total. The number of hydrogen-bond donors (Lipinski definition) is 1. The van der Waals surface area contributed by atoms with E-state index in [0.29, 0.717) is 16.9 Å². The number of nitrogens with one attached hydrogen (secondary N) is 1. The lowest BCUT2D eigenvalue weighted by molar-refractivity contribution is -0.313. The van der Waals surface area contributed by atoms with Crippen molar-refractivity contribution < 1.29 is 35.5 Å². The highest BCUT2D eigenvalue weighted by molar-refractivity contribution is 7.15. The third-order valence-corrected chi connectivity index (χ3v) is 6.82. The lowest BCUT2D eigenvalue weighted by Crippen LogP contribution is -2.59. The molecule has 2 aromatic rings. The molecular formula is C18H17F7N4OS. The summed E-state index contributed by atoms with van der Waals surface area (Å²) in [7, 11) is 1.46. The maximum atomic E-state index is 13.5. The van der Waals surface area contributed by atoms with E-state index in [4.69, 9.17) is 0 Å². The van der Waals surface area contributed by atoms with Gasteiger partial charge in [-0.15, -0.1) is 11.3 Å². The van der Waals surface area contributed by atoms with Crippen LogP contribution in [0.3, 0.4) is 0 Å². The average molecular weight is 470 g/mol. The molecule has 0 aliphatic heterocycles. The summed E-state index contributed by atoms with van der Waals surface area (Å²) in [4.78, 5) is 15.9. The molecule has 2 saturated carbocycles. The van der Waals surface area contributed by atoms with E-state index in [1.165, 1.54) is 11.7 Å². The van der Waals surface area contributed by atoms with Crippen molar-refractivity contribution in [3.8, 4) is 10.6 Å². The van der Waals surface area contributed by atoms with Crippen LogP contribution < -0.4 is 5.32 Å². The Balaban J connectivity index is 1.60. The highest BCUT2D eigenvalue weighted by atomic mass is 32.1. The van der Waals surface area contributed by atoms with Crippen molar-refractivity contribution in [2.75, 3.05) is 5.32 Å². The van der Waals surface area contributed by atoms with Crippen molar-refractivity contribution in [1.29, 1.82) is 0 Å². The summed E-state index contributed by atoms with van der Waals surface area (Å²) < 4.78 is 93.1. The number of aromatic nitrogens is 3. The Morgan fingerprint density at radius 2 is 1.97 bits per heavy atom. The van der Waals surface area contributed by atoms with E-state index < -0.39 is 47.7 Å². The first-order valence-electron chi connectivity index (χ1n) is 9.47. The van der Waals surface area contributed by atoms with Crippen LogP contribution >= 0.6 is 11.3 Å². The van der Waals surface area contributed by atoms with E-state index in [9.17, 15) is 35.5 Å². The Morgan fingerprint density at radius 3 is 2.45 bits per heavy atom. The number of thiazole rings is 1. The van der Waals surface area contributed by atoms with Crippen LogP contribution in [0, 0.1) is 5.92 Å². The SMILES string of the molecule is Cn1nc(-c2cnc(C(F)(F)F)s2)c(C2CCC2)c1NC(=O)C[C@@H]1CC(F)(F)C1(F)F. The number of anilines is 1. The fourth-order valence-corrected chi connectivity index (χ4v) is 4.60. The van der Waals surface area contributed by atoms with E-state index >= 15 is 0 Å². The summed E-state index contributed by atoms with van der Waals surface area (Å²) in [5.74, 6) is -11.0. The molecule has 4 rings (SSSR count). The summed E-state index contributed by atoms with van der Waals surface area (Å²) >= 11 is 0.416. The number of alkyl halides is 7. The number of carbonyl (C=O) groups is 1. The molecule has 1 N–H and O–H groups in total. The van der Waals surface area contributed by atoms with Gasteiger partial charge in [0.1, 0.15) is 11.5 Å². The first-order chi connectivity index (χ1) is 14.3. The fourth-order valence-electron chi connectivity index (χ4n) is 3.82. The highest BCUT2D eigenvalue weighted by Crippen LogP contribution is 2.56. The molecule has 2 aliphatic carbocycles. The van der Waals surface area contributed by atoms with Gasteiger partial charge in [0, 0.05) is 37.6 Å². The van der Waals surface area contributed by atoms with Gasteiger partial charge >= 0.3 is 18.0 Å². The molecule has 0 saturated heterocycles. The summed E-state index contributed by atoms with van der Waals surface area (Å²) in [5, 5.41) is 5.66. The Bertz CT molecular complexity index is 1010. The lowest BCUT2D eigenvalue weighted by Gasteiger charge is -2.43. The standard InChI is InChI=1S/C18H17F7N4OS/c1-29-14(27-11(30)5-9-6-16(19,20)17(9,21)22)12(8-3-2-4-8)13(28-29)10-7-26-15(31-10)18(23,24)25/h7-9H,2-6H2,1H3,(H,27,30)/t9-/m1/s1. The van der Waals surface area contributed by atoms with Gasteiger partial charge in [0.05, 0.1) is 4.88 Å². The van der Waals surface area contributed by atoms with Gasteiger partial charge in [-0.2, -0.15) is 35.8 Å². The van der Waals surface area contributed by atoms with Crippen molar-refractivity contribution in [1.82, 2.24) is 14.8 Å². The van der Waals surface area contributed by atoms with Crippen LogP contribution in [0.15, 0.2) is 6.20 Å². The Labute approximate surface area is 175 Å². The van der Waals surface area contributed by atoms with E-state index in [1.54, 1.807) is 0 Å². The van der Waals surface area contributed by atoms with Crippen LogP contribution in [0.25, 0.3) is 10.6 Å². The van der Waals surface area contributed by atoms with E-state index in [0.717, 1.165) is 25.5 Å². The molecule has 2 fully saturated rings. The number of nitrogens with zero attached hydrogens (tertiary/aromatic N) is 3. The summed E-state index contributed by atoms with van der Waals surface area (Å²) in [5.41, 5.74) is 0.737. The van der Waals surface area contributed by atoms with Crippen LogP contribution in [-0.4, -0.2) is 32.5 Å². The Morgan fingerprint density at radius 1 is 1.29 bits per heavy atom. The second kappa shape index (κ2) is 7.17. The first-order valence-corrected chi connectivity index (χ1v) is 10.3. The zero-order valence-corrected chi connectivity index (χ0v) is 16.9. The van der Waals surface area contributed by atoms with Gasteiger partial charge in [0.2, 0.25) is 5.91 Å². The molecule has 0 aromatic carbocycles. The third kappa shape index (κ3) is 3.70. The smallest absolute Gasteiger partial charge is 0.311 e. The zero-order valence-electron chi connectivity index (χ0n) is 16.1. The quantitative estimate of drug-likeness (QED) is 0.592. The van der Waals surface area contributed by atoms with Gasteiger partial charge in [-0.05, 0) is 18.8 Å². The lowest BCUT2D eigenvalue weighted by atomic mass is 9.74. The summed E-state index contributed by atoms with van der Waals surface area (Å²) in [6.07, 6.45) is -3.11. The van der Waals surface area contributed by atoms with Gasteiger partial charge in [-0.3, -0.25) is 9.48 Å². The average Bonchev–Trinajstić information content (AvgIpc) is 3.20. The number of aryl methyl sites for hydroxylation is 1. The molecule has 1 amide bonds. The van der Waals surface area contributed by atoms with E-state index in [-0.39, 0.29) is 22.3 Å². The minimum atomic E-state index is -4.61.